The first-order chi connectivity index (χ1) is 8.82. The molecule has 2 rings (SSSR count). The van der Waals surface area contributed by atoms with Crippen molar-refractivity contribution in [3.05, 3.63) is 60.2 Å². The molecule has 0 saturated carbocycles. The monoisotopic (exact) mass is 298 g/mol. The number of alkyl halides is 2. The van der Waals surface area contributed by atoms with Crippen LogP contribution in [0.2, 0.25) is 0 Å². The van der Waals surface area contributed by atoms with Crippen LogP contribution in [0.25, 0.3) is 11.1 Å². The van der Waals surface area contributed by atoms with E-state index in [1.54, 1.807) is 36.4 Å². The van der Waals surface area contributed by atoms with E-state index < -0.39 is 17.7 Å². The molecule has 0 unspecified atom stereocenters. The lowest BCUT2D eigenvalue weighted by atomic mass is 10.0. The van der Waals surface area contributed by atoms with Crippen LogP contribution in [0.5, 0.6) is 0 Å². The summed E-state index contributed by atoms with van der Waals surface area (Å²) in [7, 11) is 0. The molecule has 0 saturated heterocycles. The molecule has 19 heavy (non-hydrogen) atoms. The molecule has 0 amide bonds. The van der Waals surface area contributed by atoms with Crippen molar-refractivity contribution in [3.63, 3.8) is 0 Å². The standard InChI is InChI=1S/C13H11F2O2PS/c14-13(15,18(16,17)19)12-8-4-7-11(9-12)10-5-2-1-3-6-10/h1-9H,(H2,16,17,19)/p-2. The Morgan fingerprint density at radius 3 is 2.05 bits per heavy atom. The van der Waals surface area contributed by atoms with Crippen LogP contribution in [0.3, 0.4) is 0 Å². The molecule has 0 aliphatic carbocycles. The van der Waals surface area contributed by atoms with Gasteiger partial charge in [-0.1, -0.05) is 48.5 Å². The molecule has 0 spiro atoms. The Hall–Kier alpha value is -1.13. The molecule has 2 nitrogen and oxygen atoms in total. The summed E-state index contributed by atoms with van der Waals surface area (Å²) < 4.78 is 27.4. The van der Waals surface area contributed by atoms with Crippen molar-refractivity contribution < 1.29 is 18.6 Å². The second-order valence-electron chi connectivity index (χ2n) is 3.99. The summed E-state index contributed by atoms with van der Waals surface area (Å²) in [6.07, 6.45) is 0. The molecule has 0 radical (unpaired) electrons. The lowest BCUT2D eigenvalue weighted by Crippen LogP contribution is -2.29. The molecule has 0 fully saturated rings. The molecular formula is C13H9F2O2PS-2. The van der Waals surface area contributed by atoms with E-state index in [9.17, 15) is 18.6 Å². The van der Waals surface area contributed by atoms with Gasteiger partial charge in [-0.15, -0.1) is 18.3 Å². The largest absolute Gasteiger partial charge is 0.828 e. The number of halogens is 2. The zero-order chi connectivity index (χ0) is 14.1. The second kappa shape index (κ2) is 5.10. The lowest BCUT2D eigenvalue weighted by Gasteiger charge is -2.42. The maximum absolute atomic E-state index is 13.7. The van der Waals surface area contributed by atoms with Gasteiger partial charge in [0.1, 0.15) is 0 Å². The molecule has 0 N–H and O–H groups in total. The summed E-state index contributed by atoms with van der Waals surface area (Å²) in [5.74, 6) is 0. The molecule has 0 aliphatic heterocycles. The van der Waals surface area contributed by atoms with Crippen molar-refractivity contribution in [3.8, 4) is 11.1 Å². The van der Waals surface area contributed by atoms with Crippen molar-refractivity contribution in [1.29, 1.82) is 0 Å². The van der Waals surface area contributed by atoms with Gasteiger partial charge in [-0.25, -0.2) is 0 Å². The molecule has 0 bridgehead atoms. The third-order valence-corrected chi connectivity index (χ3v) is 4.29. The Bertz CT molecular complexity index is 626. The van der Waals surface area contributed by atoms with E-state index in [1.165, 1.54) is 6.07 Å². The highest BCUT2D eigenvalue weighted by Crippen LogP contribution is 2.53. The van der Waals surface area contributed by atoms with Crippen LogP contribution < -0.4 is 9.79 Å². The van der Waals surface area contributed by atoms with E-state index >= 15 is 0 Å². The Balaban J connectivity index is 2.50. The normalized spacial score (nSPS) is 12.4. The van der Waals surface area contributed by atoms with Crippen molar-refractivity contribution in [1.82, 2.24) is 0 Å². The van der Waals surface area contributed by atoms with Crippen molar-refractivity contribution >= 4 is 18.3 Å². The molecular weight excluding hydrogens is 289 g/mol. The number of hydrogen-bond donors (Lipinski definition) is 0. The smallest absolute Gasteiger partial charge is 0.271 e. The van der Waals surface area contributed by atoms with E-state index in [-0.39, 0.29) is 0 Å². The Kier molecular flexibility index (Phi) is 3.83. The predicted octanol–water partition coefficient (Wildman–Crippen LogP) is 2.43. The van der Waals surface area contributed by atoms with Crippen LogP contribution in [-0.4, -0.2) is 0 Å². The first kappa shape index (κ1) is 14.3. The fraction of sp³-hybridized carbons (Fsp3) is 0.0769. The van der Waals surface area contributed by atoms with E-state index in [1.807, 2.05) is 0 Å². The summed E-state index contributed by atoms with van der Waals surface area (Å²) in [5.41, 5.74) is -3.40. The molecule has 0 heterocycles. The topological polar surface area (TPSA) is 46.1 Å². The van der Waals surface area contributed by atoms with Gasteiger partial charge in [0.25, 0.3) is 5.66 Å². The maximum Gasteiger partial charge on any atom is 0.271 e. The lowest BCUT2D eigenvalue weighted by molar-refractivity contribution is -0.315. The predicted molar refractivity (Wildman–Crippen MR) is 70.1 cm³/mol. The highest BCUT2D eigenvalue weighted by atomic mass is 32.5. The average molecular weight is 298 g/mol. The van der Waals surface area contributed by atoms with Gasteiger partial charge < -0.3 is 9.79 Å². The van der Waals surface area contributed by atoms with Crippen LogP contribution in [0.15, 0.2) is 54.6 Å². The molecule has 0 atom stereocenters. The zero-order valence-corrected chi connectivity index (χ0v) is 11.3. The average Bonchev–Trinajstić information content (AvgIpc) is 2.39. The minimum Gasteiger partial charge on any atom is -0.828 e. The van der Waals surface area contributed by atoms with E-state index in [4.69, 9.17) is 0 Å². The maximum atomic E-state index is 13.7. The summed E-state index contributed by atoms with van der Waals surface area (Å²) in [4.78, 5) is 22.0. The Morgan fingerprint density at radius 2 is 1.47 bits per heavy atom. The number of rotatable bonds is 3. The van der Waals surface area contributed by atoms with Gasteiger partial charge in [0, 0.05) is 5.56 Å². The summed E-state index contributed by atoms with van der Waals surface area (Å²) in [6, 6.07) is 14.1. The minimum absolute atomic E-state index is 0.515. The third kappa shape index (κ3) is 2.90. The zero-order valence-electron chi connectivity index (χ0n) is 9.62. The molecule has 0 aromatic heterocycles. The van der Waals surface area contributed by atoms with Crippen molar-refractivity contribution in [2.24, 2.45) is 0 Å². The highest BCUT2D eigenvalue weighted by Gasteiger charge is 2.32. The minimum atomic E-state index is -5.20. The Morgan fingerprint density at radius 1 is 0.895 bits per heavy atom. The van der Waals surface area contributed by atoms with Gasteiger partial charge in [0.15, 0.2) is 0 Å². The van der Waals surface area contributed by atoms with Crippen LogP contribution in [-0.2, 0) is 17.5 Å². The van der Waals surface area contributed by atoms with E-state index in [0.717, 1.165) is 17.7 Å². The summed E-state index contributed by atoms with van der Waals surface area (Å²) in [6.45, 7) is -5.20. The fourth-order valence-corrected chi connectivity index (χ4v) is 2.45. The van der Waals surface area contributed by atoms with E-state index in [2.05, 4.69) is 11.8 Å². The molecule has 2 aromatic rings. The molecule has 100 valence electrons. The highest BCUT2D eigenvalue weighted by molar-refractivity contribution is 8.07. The van der Waals surface area contributed by atoms with Crippen LogP contribution >= 0.6 is 6.49 Å². The van der Waals surface area contributed by atoms with Gasteiger partial charge in [0.2, 0.25) is 0 Å². The van der Waals surface area contributed by atoms with Gasteiger partial charge in [-0.3, -0.25) is 0 Å². The fourth-order valence-electron chi connectivity index (χ4n) is 1.67. The first-order valence-corrected chi connectivity index (χ1v) is 8.02. The van der Waals surface area contributed by atoms with Gasteiger partial charge in [-0.2, -0.15) is 8.78 Å². The second-order valence-corrected chi connectivity index (χ2v) is 6.98. The SMILES string of the molecule is [O-]P([O-])(=S)C(F)(F)c1cccc(-c2ccccc2)c1. The first-order valence-electron chi connectivity index (χ1n) is 5.38. The molecule has 2 aromatic carbocycles. The summed E-state index contributed by atoms with van der Waals surface area (Å²) in [5, 5.41) is 0. The van der Waals surface area contributed by atoms with E-state index in [0.29, 0.717) is 5.56 Å². The Labute approximate surface area is 114 Å². The number of hydrogen-bond acceptors (Lipinski definition) is 3. The van der Waals surface area contributed by atoms with Crippen LogP contribution in [0.1, 0.15) is 5.56 Å². The summed E-state index contributed by atoms with van der Waals surface area (Å²) >= 11 is 3.91. The van der Waals surface area contributed by atoms with Gasteiger partial charge in [-0.05, 0) is 17.2 Å². The molecule has 6 heteroatoms. The third-order valence-electron chi connectivity index (χ3n) is 2.66. The van der Waals surface area contributed by atoms with Gasteiger partial charge in [0.05, 0.1) is 0 Å². The van der Waals surface area contributed by atoms with Crippen LogP contribution in [0, 0.1) is 0 Å². The number of benzene rings is 2. The van der Waals surface area contributed by atoms with Gasteiger partial charge >= 0.3 is 0 Å². The van der Waals surface area contributed by atoms with Crippen molar-refractivity contribution in [2.75, 3.05) is 0 Å². The van der Waals surface area contributed by atoms with Crippen LogP contribution in [0.4, 0.5) is 8.78 Å². The quantitative estimate of drug-likeness (QED) is 0.818. The van der Waals surface area contributed by atoms with Crippen molar-refractivity contribution in [2.45, 2.75) is 5.66 Å². The molecule has 0 aliphatic rings.